The molecule has 3 rings (SSSR count). The van der Waals surface area contributed by atoms with E-state index in [1.54, 1.807) is 38.3 Å². The van der Waals surface area contributed by atoms with Gasteiger partial charge in [0, 0.05) is 26.4 Å². The number of esters is 1. The third-order valence-corrected chi connectivity index (χ3v) is 7.62. The van der Waals surface area contributed by atoms with Crippen LogP contribution in [0.25, 0.3) is 0 Å². The second-order valence-corrected chi connectivity index (χ2v) is 9.87. The lowest BCUT2D eigenvalue weighted by molar-refractivity contribution is -0.148. The lowest BCUT2D eigenvalue weighted by atomic mass is 10.1. The highest BCUT2D eigenvalue weighted by atomic mass is 32.2. The highest BCUT2D eigenvalue weighted by Gasteiger charge is 2.39. The first kappa shape index (κ1) is 24.6. The molecule has 2 atom stereocenters. The summed E-state index contributed by atoms with van der Waals surface area (Å²) in [6, 6.07) is 13.9. The maximum atomic E-state index is 13.6. The molecule has 0 amide bonds. The summed E-state index contributed by atoms with van der Waals surface area (Å²) in [6.45, 7) is 4.26. The van der Waals surface area contributed by atoms with Crippen molar-refractivity contribution in [3.63, 3.8) is 0 Å². The Hall–Kier alpha value is -3.02. The number of carbonyl (C=O) groups is 1. The molecule has 33 heavy (non-hydrogen) atoms. The fourth-order valence-corrected chi connectivity index (χ4v) is 5.70. The number of ether oxygens (including phenoxy) is 3. The fourth-order valence-electron chi connectivity index (χ4n) is 3.83. The first-order chi connectivity index (χ1) is 15.8. The SMILES string of the molecule is CC#CCOc1ccc(S(=O)(=O)C2CC(OC(C)=O)CCN2Cc2ccc(OC)cc2)cc1. The van der Waals surface area contributed by atoms with Crippen LogP contribution in [0.2, 0.25) is 0 Å². The minimum atomic E-state index is -3.73. The summed E-state index contributed by atoms with van der Waals surface area (Å²) >= 11 is 0. The Morgan fingerprint density at radius 2 is 1.76 bits per heavy atom. The summed E-state index contributed by atoms with van der Waals surface area (Å²) in [6.07, 6.45) is 0.347. The number of rotatable bonds is 8. The van der Waals surface area contributed by atoms with Crippen LogP contribution in [0.4, 0.5) is 0 Å². The third kappa shape index (κ3) is 6.50. The van der Waals surface area contributed by atoms with Crippen molar-refractivity contribution >= 4 is 15.8 Å². The zero-order valence-corrected chi connectivity index (χ0v) is 19.9. The molecule has 0 N–H and O–H groups in total. The molecule has 0 bridgehead atoms. The average molecular weight is 472 g/mol. The van der Waals surface area contributed by atoms with Crippen molar-refractivity contribution in [2.75, 3.05) is 20.3 Å². The summed E-state index contributed by atoms with van der Waals surface area (Å²) in [5.41, 5.74) is 0.975. The summed E-state index contributed by atoms with van der Waals surface area (Å²) in [4.78, 5) is 13.6. The number of sulfone groups is 1. The molecular formula is C25H29NO6S. The van der Waals surface area contributed by atoms with Crippen LogP contribution in [0.15, 0.2) is 53.4 Å². The predicted octanol–water partition coefficient (Wildman–Crippen LogP) is 3.42. The number of hydrogen-bond donors (Lipinski definition) is 0. The van der Waals surface area contributed by atoms with E-state index in [9.17, 15) is 13.2 Å². The molecule has 2 aromatic rings. The summed E-state index contributed by atoms with van der Waals surface area (Å²) in [7, 11) is -2.13. The van der Waals surface area contributed by atoms with Gasteiger partial charge in [-0.15, -0.1) is 5.92 Å². The molecule has 7 nitrogen and oxygen atoms in total. The van der Waals surface area contributed by atoms with E-state index in [4.69, 9.17) is 14.2 Å². The number of nitrogens with zero attached hydrogens (tertiary/aromatic N) is 1. The number of methoxy groups -OCH3 is 1. The van der Waals surface area contributed by atoms with Crippen molar-refractivity contribution in [1.82, 2.24) is 4.90 Å². The minimum absolute atomic E-state index is 0.199. The fraction of sp³-hybridized carbons (Fsp3) is 0.400. The molecule has 2 unspecified atom stereocenters. The Morgan fingerprint density at radius 3 is 2.36 bits per heavy atom. The molecule has 1 fully saturated rings. The minimum Gasteiger partial charge on any atom is -0.497 e. The van der Waals surface area contributed by atoms with Crippen molar-refractivity contribution in [2.24, 2.45) is 0 Å². The average Bonchev–Trinajstić information content (AvgIpc) is 2.80. The molecule has 1 aliphatic heterocycles. The molecule has 0 saturated carbocycles. The Kier molecular flexibility index (Phi) is 8.37. The summed E-state index contributed by atoms with van der Waals surface area (Å²) < 4.78 is 43.3. The molecule has 0 aliphatic carbocycles. The molecule has 1 saturated heterocycles. The second-order valence-electron chi connectivity index (χ2n) is 7.76. The second kappa shape index (κ2) is 11.2. The van der Waals surface area contributed by atoms with Crippen LogP contribution in [-0.4, -0.2) is 51.0 Å². The van der Waals surface area contributed by atoms with E-state index >= 15 is 0 Å². The van der Waals surface area contributed by atoms with E-state index in [0.29, 0.717) is 25.3 Å². The standard InChI is InChI=1S/C25H29NO6S/c1-4-5-16-31-22-10-12-24(13-11-22)33(28,29)25-17-23(32-19(2)27)14-15-26(25)18-20-6-8-21(30-3)9-7-20/h6-13,23,25H,14-18H2,1-3H3. The van der Waals surface area contributed by atoms with Crippen molar-refractivity contribution in [1.29, 1.82) is 0 Å². The van der Waals surface area contributed by atoms with Crippen LogP contribution in [0.1, 0.15) is 32.3 Å². The highest BCUT2D eigenvalue weighted by molar-refractivity contribution is 7.92. The van der Waals surface area contributed by atoms with Crippen molar-refractivity contribution in [3.05, 3.63) is 54.1 Å². The zero-order chi connectivity index (χ0) is 23.8. The van der Waals surface area contributed by atoms with Crippen molar-refractivity contribution in [3.8, 4) is 23.3 Å². The van der Waals surface area contributed by atoms with Crippen molar-refractivity contribution < 1.29 is 27.4 Å². The van der Waals surface area contributed by atoms with E-state index in [1.165, 1.54) is 6.92 Å². The van der Waals surface area contributed by atoms with Gasteiger partial charge in [-0.3, -0.25) is 9.69 Å². The number of carbonyl (C=O) groups excluding carboxylic acids is 1. The third-order valence-electron chi connectivity index (χ3n) is 5.49. The van der Waals surface area contributed by atoms with Crippen LogP contribution in [0, 0.1) is 11.8 Å². The maximum Gasteiger partial charge on any atom is 0.302 e. The molecule has 0 spiro atoms. The van der Waals surface area contributed by atoms with E-state index in [2.05, 4.69) is 11.8 Å². The van der Waals surface area contributed by atoms with Gasteiger partial charge in [-0.1, -0.05) is 18.1 Å². The molecule has 1 heterocycles. The molecular weight excluding hydrogens is 442 g/mol. The summed E-state index contributed by atoms with van der Waals surface area (Å²) in [5, 5.41) is -0.824. The van der Waals surface area contributed by atoms with Gasteiger partial charge in [-0.05, 0) is 55.3 Å². The van der Waals surface area contributed by atoms with Crippen molar-refractivity contribution in [2.45, 2.75) is 49.6 Å². The van der Waals surface area contributed by atoms with Gasteiger partial charge in [-0.25, -0.2) is 8.42 Å². The van der Waals surface area contributed by atoms with Crippen LogP contribution in [0.5, 0.6) is 11.5 Å². The smallest absolute Gasteiger partial charge is 0.302 e. The van der Waals surface area contributed by atoms with E-state index in [0.717, 1.165) is 11.3 Å². The van der Waals surface area contributed by atoms with Gasteiger partial charge < -0.3 is 14.2 Å². The van der Waals surface area contributed by atoms with Gasteiger partial charge in [0.2, 0.25) is 0 Å². The van der Waals surface area contributed by atoms with E-state index in [-0.39, 0.29) is 17.9 Å². The molecule has 176 valence electrons. The lowest BCUT2D eigenvalue weighted by Gasteiger charge is -2.38. The predicted molar refractivity (Wildman–Crippen MR) is 125 cm³/mol. The largest absolute Gasteiger partial charge is 0.497 e. The first-order valence-electron chi connectivity index (χ1n) is 10.7. The Balaban J connectivity index is 1.84. The van der Waals surface area contributed by atoms with Gasteiger partial charge in [0.1, 0.15) is 29.6 Å². The quantitative estimate of drug-likeness (QED) is 0.431. The Labute approximate surface area is 195 Å². The van der Waals surface area contributed by atoms with E-state index < -0.39 is 27.3 Å². The van der Waals surface area contributed by atoms with Crippen LogP contribution in [0.3, 0.4) is 0 Å². The molecule has 1 aliphatic rings. The molecule has 0 radical (unpaired) electrons. The zero-order valence-electron chi connectivity index (χ0n) is 19.1. The topological polar surface area (TPSA) is 82.1 Å². The first-order valence-corrected chi connectivity index (χ1v) is 12.3. The highest BCUT2D eigenvalue weighted by Crippen LogP contribution is 2.31. The van der Waals surface area contributed by atoms with Gasteiger partial charge in [0.15, 0.2) is 9.84 Å². The van der Waals surface area contributed by atoms with Gasteiger partial charge in [0.05, 0.1) is 12.0 Å². The monoisotopic (exact) mass is 471 g/mol. The van der Waals surface area contributed by atoms with Crippen LogP contribution >= 0.6 is 0 Å². The van der Waals surface area contributed by atoms with Gasteiger partial charge in [-0.2, -0.15) is 0 Å². The number of hydrogen-bond acceptors (Lipinski definition) is 7. The molecule has 8 heteroatoms. The molecule has 2 aromatic carbocycles. The normalized spacial score (nSPS) is 18.6. The Morgan fingerprint density at radius 1 is 1.09 bits per heavy atom. The maximum absolute atomic E-state index is 13.6. The lowest BCUT2D eigenvalue weighted by Crippen LogP contribution is -2.48. The Bertz CT molecular complexity index is 1100. The number of piperidine rings is 1. The summed E-state index contributed by atoms with van der Waals surface area (Å²) in [5.74, 6) is 6.43. The van der Waals surface area contributed by atoms with Crippen LogP contribution < -0.4 is 9.47 Å². The number of benzene rings is 2. The molecule has 0 aromatic heterocycles. The van der Waals surface area contributed by atoms with Crippen LogP contribution in [-0.2, 0) is 25.9 Å². The number of likely N-dealkylation sites (tertiary alicyclic amines) is 1. The van der Waals surface area contributed by atoms with Gasteiger partial charge >= 0.3 is 5.97 Å². The van der Waals surface area contributed by atoms with E-state index in [1.807, 2.05) is 29.2 Å². The van der Waals surface area contributed by atoms with Gasteiger partial charge in [0.25, 0.3) is 0 Å².